The highest BCUT2D eigenvalue weighted by molar-refractivity contribution is 5.88. The van der Waals surface area contributed by atoms with Crippen LogP contribution in [-0.2, 0) is 4.74 Å². The summed E-state index contributed by atoms with van der Waals surface area (Å²) in [6.45, 7) is 6.51. The van der Waals surface area contributed by atoms with Crippen LogP contribution < -0.4 is 10.4 Å². The monoisotopic (exact) mass is 556 g/mol. The van der Waals surface area contributed by atoms with Crippen LogP contribution in [0.2, 0.25) is 0 Å². The molecule has 1 atom stereocenters. The minimum Gasteiger partial charge on any atom is -0.457 e. The average molecular weight is 557 g/mol. The molecule has 0 radical (unpaired) electrons. The van der Waals surface area contributed by atoms with Crippen molar-refractivity contribution in [3.8, 4) is 17.2 Å². The lowest BCUT2D eigenvalue weighted by molar-refractivity contribution is 0.0173. The summed E-state index contributed by atoms with van der Waals surface area (Å²) in [5.41, 5.74) is 1.15. The van der Waals surface area contributed by atoms with E-state index in [4.69, 9.17) is 9.47 Å². The van der Waals surface area contributed by atoms with Gasteiger partial charge in [0, 0.05) is 33.4 Å². The van der Waals surface area contributed by atoms with Crippen LogP contribution in [-0.4, -0.2) is 69.1 Å². The molecule has 1 saturated heterocycles. The molecule has 10 heteroatoms. The van der Waals surface area contributed by atoms with E-state index in [0.717, 1.165) is 18.6 Å². The molecule has 2 aromatic carbocycles. The van der Waals surface area contributed by atoms with E-state index in [2.05, 4.69) is 9.98 Å². The number of pyridine rings is 1. The molecule has 10 nitrogen and oxygen atoms in total. The molecular weight excluding hydrogens is 520 g/mol. The fraction of sp³-hybridized carbons (Fsp3) is 0.355. The van der Waals surface area contributed by atoms with Crippen molar-refractivity contribution in [1.29, 1.82) is 0 Å². The Bertz CT molecular complexity index is 1600. The third-order valence-corrected chi connectivity index (χ3v) is 6.66. The van der Waals surface area contributed by atoms with Crippen LogP contribution in [0, 0.1) is 0 Å². The van der Waals surface area contributed by atoms with Crippen molar-refractivity contribution in [3.05, 3.63) is 77.3 Å². The molecule has 1 aliphatic heterocycles. The molecule has 0 spiro atoms. The average Bonchev–Trinajstić information content (AvgIpc) is 3.24. The van der Waals surface area contributed by atoms with Crippen molar-refractivity contribution < 1.29 is 14.3 Å². The van der Waals surface area contributed by atoms with Gasteiger partial charge in [0.2, 0.25) is 0 Å². The van der Waals surface area contributed by atoms with E-state index in [9.17, 15) is 9.59 Å². The summed E-state index contributed by atoms with van der Waals surface area (Å²) in [6, 6.07) is 18.5. The Kier molecular flexibility index (Phi) is 7.83. The van der Waals surface area contributed by atoms with Crippen LogP contribution in [0.25, 0.3) is 16.7 Å². The van der Waals surface area contributed by atoms with Gasteiger partial charge in [0.05, 0.1) is 23.6 Å². The van der Waals surface area contributed by atoms with Crippen LogP contribution in [0.1, 0.15) is 39.7 Å². The molecular formula is C31H36N6O4. The summed E-state index contributed by atoms with van der Waals surface area (Å²) in [7, 11) is 3.75. The highest BCUT2D eigenvalue weighted by Crippen LogP contribution is 2.31. The molecule has 4 aromatic rings. The number of piperidine rings is 1. The van der Waals surface area contributed by atoms with Crippen LogP contribution in [0.4, 0.5) is 10.6 Å². The van der Waals surface area contributed by atoms with Crippen molar-refractivity contribution in [1.82, 2.24) is 23.9 Å². The van der Waals surface area contributed by atoms with E-state index in [1.165, 1.54) is 0 Å². The zero-order chi connectivity index (χ0) is 29.1. The summed E-state index contributed by atoms with van der Waals surface area (Å²) in [5.74, 6) is 1.81. The minimum absolute atomic E-state index is 0.220. The van der Waals surface area contributed by atoms with E-state index in [1.807, 2.05) is 100 Å². The second-order valence-corrected chi connectivity index (χ2v) is 11.3. The molecule has 0 aliphatic carbocycles. The Morgan fingerprint density at radius 1 is 1.05 bits per heavy atom. The third kappa shape index (κ3) is 6.26. The number of nitrogens with zero attached hydrogens (tertiary/aromatic N) is 6. The van der Waals surface area contributed by atoms with E-state index in [-0.39, 0.29) is 17.8 Å². The fourth-order valence-corrected chi connectivity index (χ4v) is 4.95. The number of rotatable bonds is 6. The van der Waals surface area contributed by atoms with Gasteiger partial charge in [-0.2, -0.15) is 0 Å². The first-order valence-corrected chi connectivity index (χ1v) is 13.7. The number of ether oxygens (including phenoxy) is 2. The molecule has 2 aromatic heterocycles. The molecule has 5 rings (SSSR count). The Balaban J connectivity index is 1.58. The SMILES string of the molecule is CN(C)C=Nc1nccc2c1n(-c1ccc(Oc3ccccc3)cc1)c(=O)n2[C@@H]1CCCN(C(=O)OC(C)(C)C)C1. The first-order chi connectivity index (χ1) is 19.6. The largest absolute Gasteiger partial charge is 0.457 e. The van der Waals surface area contributed by atoms with E-state index >= 15 is 0 Å². The maximum Gasteiger partial charge on any atom is 0.410 e. The zero-order valence-electron chi connectivity index (χ0n) is 24.2. The first kappa shape index (κ1) is 27.9. The van der Waals surface area contributed by atoms with Crippen molar-refractivity contribution in [2.75, 3.05) is 27.2 Å². The molecule has 0 saturated carbocycles. The van der Waals surface area contributed by atoms with E-state index in [0.29, 0.717) is 41.4 Å². The molecule has 214 valence electrons. The number of carbonyl (C=O) groups excluding carboxylic acids is 1. The number of fused-ring (bicyclic) bond motifs is 1. The van der Waals surface area contributed by atoms with E-state index in [1.54, 1.807) is 26.6 Å². The molecule has 0 bridgehead atoms. The predicted octanol–water partition coefficient (Wildman–Crippen LogP) is 5.77. The van der Waals surface area contributed by atoms with Gasteiger partial charge >= 0.3 is 11.8 Å². The highest BCUT2D eigenvalue weighted by Gasteiger charge is 2.31. The van der Waals surface area contributed by atoms with Gasteiger partial charge in [-0.1, -0.05) is 18.2 Å². The van der Waals surface area contributed by atoms with Gasteiger partial charge in [0.15, 0.2) is 5.82 Å². The Hall–Kier alpha value is -4.60. The van der Waals surface area contributed by atoms with Gasteiger partial charge in [0.25, 0.3) is 0 Å². The number of hydrogen-bond acceptors (Lipinski definition) is 6. The van der Waals surface area contributed by atoms with Gasteiger partial charge < -0.3 is 19.3 Å². The van der Waals surface area contributed by atoms with Crippen molar-refractivity contribution in [3.63, 3.8) is 0 Å². The quantitative estimate of drug-likeness (QED) is 0.221. The van der Waals surface area contributed by atoms with Gasteiger partial charge in [-0.15, -0.1) is 0 Å². The number of benzene rings is 2. The lowest BCUT2D eigenvalue weighted by Gasteiger charge is -2.34. The number of aliphatic imine (C=N–C) groups is 1. The van der Waals surface area contributed by atoms with Crippen LogP contribution in [0.15, 0.2) is 76.6 Å². The third-order valence-electron chi connectivity index (χ3n) is 6.66. The van der Waals surface area contributed by atoms with Gasteiger partial charge in [-0.05, 0) is 76.1 Å². The second kappa shape index (κ2) is 11.5. The molecule has 0 unspecified atom stereocenters. The number of para-hydroxylation sites is 1. The van der Waals surface area contributed by atoms with Crippen LogP contribution in [0.5, 0.6) is 11.5 Å². The number of carbonyl (C=O) groups is 1. The van der Waals surface area contributed by atoms with Gasteiger partial charge in [-0.3, -0.25) is 9.13 Å². The number of aromatic nitrogens is 3. The highest BCUT2D eigenvalue weighted by atomic mass is 16.6. The number of likely N-dealkylation sites (tertiary alicyclic amines) is 1. The number of hydrogen-bond donors (Lipinski definition) is 0. The molecule has 0 N–H and O–H groups in total. The molecule has 1 fully saturated rings. The van der Waals surface area contributed by atoms with Crippen molar-refractivity contribution >= 4 is 29.3 Å². The van der Waals surface area contributed by atoms with E-state index < -0.39 is 5.60 Å². The minimum atomic E-state index is -0.599. The fourth-order valence-electron chi connectivity index (χ4n) is 4.95. The Morgan fingerprint density at radius 3 is 2.44 bits per heavy atom. The van der Waals surface area contributed by atoms with Crippen LogP contribution in [0.3, 0.4) is 0 Å². The van der Waals surface area contributed by atoms with Crippen LogP contribution >= 0.6 is 0 Å². The predicted molar refractivity (Wildman–Crippen MR) is 160 cm³/mol. The topological polar surface area (TPSA) is 94.2 Å². The van der Waals surface area contributed by atoms with Gasteiger partial charge in [0.1, 0.15) is 22.6 Å². The summed E-state index contributed by atoms with van der Waals surface area (Å²) in [5, 5.41) is 0. The molecule has 41 heavy (non-hydrogen) atoms. The van der Waals surface area contributed by atoms with Crippen molar-refractivity contribution in [2.45, 2.75) is 45.3 Å². The summed E-state index contributed by atoms with van der Waals surface area (Å²) in [4.78, 5) is 39.7. The zero-order valence-corrected chi connectivity index (χ0v) is 24.2. The number of amides is 1. The first-order valence-electron chi connectivity index (χ1n) is 13.7. The smallest absolute Gasteiger partial charge is 0.410 e. The lowest BCUT2D eigenvalue weighted by Crippen LogP contribution is -2.45. The van der Waals surface area contributed by atoms with Gasteiger partial charge in [-0.25, -0.2) is 19.6 Å². The summed E-state index contributed by atoms with van der Waals surface area (Å²) >= 11 is 0. The Labute approximate surface area is 239 Å². The number of imidazole rings is 1. The lowest BCUT2D eigenvalue weighted by atomic mass is 10.1. The second-order valence-electron chi connectivity index (χ2n) is 11.3. The molecule has 3 heterocycles. The molecule has 1 aliphatic rings. The Morgan fingerprint density at radius 2 is 1.76 bits per heavy atom. The maximum absolute atomic E-state index is 14.2. The summed E-state index contributed by atoms with van der Waals surface area (Å²) in [6.07, 6.45) is 4.46. The summed E-state index contributed by atoms with van der Waals surface area (Å²) < 4.78 is 15.0. The molecule has 1 amide bonds. The maximum atomic E-state index is 14.2. The van der Waals surface area contributed by atoms with Crippen molar-refractivity contribution in [2.24, 2.45) is 4.99 Å². The standard InChI is InChI=1S/C31H36N6O4/c1-31(2,3)41-30(39)35-19-9-10-23(20-35)36-26-17-18-32-28(33-21-34(4)5)27(26)37(29(36)38)22-13-15-25(16-14-22)40-24-11-7-6-8-12-24/h6-8,11-18,21,23H,9-10,19-20H2,1-5H3/t23-/m1/s1. The normalized spacial score (nSPS) is 15.8.